The summed E-state index contributed by atoms with van der Waals surface area (Å²) < 4.78 is 8.98. The maximum atomic E-state index is 6.62. The van der Waals surface area contributed by atoms with E-state index in [1.807, 2.05) is 24.3 Å². The molecule has 0 aliphatic heterocycles. The fourth-order valence-corrected chi connectivity index (χ4v) is 7.83. The fraction of sp³-hybridized carbons (Fsp3) is 0.0698. The number of hydrogen-bond acceptors (Lipinski definition) is 3. The van der Waals surface area contributed by atoms with Crippen molar-refractivity contribution < 1.29 is 4.42 Å². The van der Waals surface area contributed by atoms with Gasteiger partial charge in [-0.15, -0.1) is 0 Å². The molecule has 0 fully saturated rings. The molecule has 47 heavy (non-hydrogen) atoms. The normalized spacial score (nSPS) is 13.5. The van der Waals surface area contributed by atoms with Crippen LogP contribution in [0.3, 0.4) is 0 Å². The van der Waals surface area contributed by atoms with Crippen molar-refractivity contribution in [2.45, 2.75) is 19.3 Å². The van der Waals surface area contributed by atoms with E-state index in [4.69, 9.17) is 14.4 Å². The zero-order chi connectivity index (χ0) is 31.3. The highest BCUT2D eigenvalue weighted by Gasteiger charge is 2.40. The van der Waals surface area contributed by atoms with Crippen molar-refractivity contribution in [3.8, 4) is 39.6 Å². The highest BCUT2D eigenvalue weighted by atomic mass is 16.3. The van der Waals surface area contributed by atoms with Gasteiger partial charge in [-0.05, 0) is 35.9 Å². The van der Waals surface area contributed by atoms with Gasteiger partial charge in [-0.2, -0.15) is 0 Å². The summed E-state index contributed by atoms with van der Waals surface area (Å²) in [6.07, 6.45) is 0. The number of furan rings is 1. The number of para-hydroxylation sites is 2. The number of fused-ring (bicyclic) bond motifs is 10. The van der Waals surface area contributed by atoms with Crippen LogP contribution in [0.5, 0.6) is 0 Å². The molecule has 0 radical (unpaired) electrons. The first-order chi connectivity index (χ1) is 23.1. The Kier molecular flexibility index (Phi) is 5.31. The van der Waals surface area contributed by atoms with E-state index < -0.39 is 0 Å². The largest absolute Gasteiger partial charge is 0.454 e. The van der Waals surface area contributed by atoms with E-state index in [9.17, 15) is 0 Å². The first-order valence-corrected chi connectivity index (χ1v) is 16.1. The standard InChI is InChI=1S/C43H29N3O/c1-43(2)34-20-9-6-19-33(34)39-37(43)38(44-42(45-39)26-13-4-3-5-14-26)27-15-12-16-28(25-27)46-35-21-10-7-17-29(35)31-23-24-32-30-18-8-11-22-36(30)47-41(32)40(31)46/h3-25H,1-2H3. The molecule has 9 aromatic rings. The molecular formula is C43H29N3O. The van der Waals surface area contributed by atoms with Gasteiger partial charge in [-0.3, -0.25) is 0 Å². The average molecular weight is 604 g/mol. The van der Waals surface area contributed by atoms with Gasteiger partial charge in [0.1, 0.15) is 5.58 Å². The van der Waals surface area contributed by atoms with Crippen molar-refractivity contribution in [1.29, 1.82) is 0 Å². The maximum absolute atomic E-state index is 6.62. The lowest BCUT2D eigenvalue weighted by Gasteiger charge is -2.24. The molecule has 0 N–H and O–H groups in total. The van der Waals surface area contributed by atoms with Gasteiger partial charge >= 0.3 is 0 Å². The molecule has 0 unspecified atom stereocenters. The molecule has 1 aliphatic rings. The predicted molar refractivity (Wildman–Crippen MR) is 192 cm³/mol. The number of nitrogens with zero attached hydrogens (tertiary/aromatic N) is 3. The minimum atomic E-state index is -0.264. The van der Waals surface area contributed by atoms with E-state index in [-0.39, 0.29) is 5.41 Å². The molecule has 0 saturated carbocycles. The molecule has 4 nitrogen and oxygen atoms in total. The molecule has 0 saturated heterocycles. The number of rotatable bonds is 3. The Morgan fingerprint density at radius 2 is 1.28 bits per heavy atom. The van der Waals surface area contributed by atoms with E-state index in [1.165, 1.54) is 21.9 Å². The van der Waals surface area contributed by atoms with Crippen LogP contribution in [0, 0.1) is 0 Å². The second-order valence-corrected chi connectivity index (χ2v) is 13.0. The first kappa shape index (κ1) is 26.2. The minimum Gasteiger partial charge on any atom is -0.454 e. The van der Waals surface area contributed by atoms with Crippen molar-refractivity contribution in [2.75, 3.05) is 0 Å². The number of benzene rings is 6. The average Bonchev–Trinajstić information content (AvgIpc) is 3.74. The summed E-state index contributed by atoms with van der Waals surface area (Å²) in [5.41, 5.74) is 12.5. The molecule has 10 rings (SSSR count). The monoisotopic (exact) mass is 603 g/mol. The lowest BCUT2D eigenvalue weighted by atomic mass is 9.81. The maximum Gasteiger partial charge on any atom is 0.160 e. The van der Waals surface area contributed by atoms with E-state index >= 15 is 0 Å². The van der Waals surface area contributed by atoms with Crippen molar-refractivity contribution >= 4 is 43.7 Å². The van der Waals surface area contributed by atoms with Gasteiger partial charge in [-0.1, -0.05) is 123 Å². The van der Waals surface area contributed by atoms with E-state index in [0.29, 0.717) is 0 Å². The minimum absolute atomic E-state index is 0.264. The van der Waals surface area contributed by atoms with Gasteiger partial charge in [0.2, 0.25) is 0 Å². The van der Waals surface area contributed by atoms with Crippen molar-refractivity contribution in [3.63, 3.8) is 0 Å². The molecule has 222 valence electrons. The molecule has 3 heterocycles. The third kappa shape index (κ3) is 3.64. The highest BCUT2D eigenvalue weighted by molar-refractivity contribution is 6.21. The Labute approximate surface area is 271 Å². The lowest BCUT2D eigenvalue weighted by molar-refractivity contribution is 0.658. The van der Waals surface area contributed by atoms with Gasteiger partial charge in [-0.25, -0.2) is 9.97 Å². The quantitative estimate of drug-likeness (QED) is 0.202. The Hall–Kier alpha value is -6.00. The Bertz CT molecular complexity index is 2710. The van der Waals surface area contributed by atoms with Crippen molar-refractivity contribution in [2.24, 2.45) is 0 Å². The third-order valence-corrected chi connectivity index (χ3v) is 9.98. The Morgan fingerprint density at radius 3 is 2.17 bits per heavy atom. The summed E-state index contributed by atoms with van der Waals surface area (Å²) >= 11 is 0. The Balaban J connectivity index is 1.27. The zero-order valence-corrected chi connectivity index (χ0v) is 26.0. The third-order valence-electron chi connectivity index (χ3n) is 9.98. The van der Waals surface area contributed by atoms with Crippen LogP contribution >= 0.6 is 0 Å². The van der Waals surface area contributed by atoms with Crippen LogP contribution in [0.2, 0.25) is 0 Å². The molecule has 0 spiro atoms. The second-order valence-electron chi connectivity index (χ2n) is 13.0. The summed E-state index contributed by atoms with van der Waals surface area (Å²) in [5.74, 6) is 0.734. The second kappa shape index (κ2) is 9.51. The highest BCUT2D eigenvalue weighted by Crippen LogP contribution is 2.51. The molecule has 4 heteroatoms. The molecule has 0 bridgehead atoms. The summed E-state index contributed by atoms with van der Waals surface area (Å²) in [5, 5.41) is 4.61. The first-order valence-electron chi connectivity index (χ1n) is 16.1. The topological polar surface area (TPSA) is 43.9 Å². The van der Waals surface area contributed by atoms with Crippen LogP contribution in [0.15, 0.2) is 144 Å². The summed E-state index contributed by atoms with van der Waals surface area (Å²) in [7, 11) is 0. The zero-order valence-electron chi connectivity index (χ0n) is 26.0. The van der Waals surface area contributed by atoms with Crippen LogP contribution in [0.25, 0.3) is 83.3 Å². The summed E-state index contributed by atoms with van der Waals surface area (Å²) in [6, 6.07) is 49.1. The smallest absolute Gasteiger partial charge is 0.160 e. The summed E-state index contributed by atoms with van der Waals surface area (Å²) in [6.45, 7) is 4.59. The van der Waals surface area contributed by atoms with Crippen LogP contribution < -0.4 is 0 Å². The molecular weight excluding hydrogens is 574 g/mol. The molecule has 3 aromatic heterocycles. The van der Waals surface area contributed by atoms with Crippen molar-refractivity contribution in [3.05, 3.63) is 151 Å². The van der Waals surface area contributed by atoms with Gasteiger partial charge in [0.25, 0.3) is 0 Å². The number of hydrogen-bond donors (Lipinski definition) is 0. The SMILES string of the molecule is CC1(C)c2ccccc2-c2nc(-c3ccccc3)nc(-c3cccc(-n4c5ccccc5c5ccc6c7ccccc7oc6c54)c3)c21. The van der Waals surface area contributed by atoms with E-state index in [0.717, 1.165) is 72.6 Å². The molecule has 6 aromatic carbocycles. The molecule has 0 amide bonds. The Morgan fingerprint density at radius 1 is 0.574 bits per heavy atom. The van der Waals surface area contributed by atoms with Crippen LogP contribution in [0.1, 0.15) is 25.0 Å². The van der Waals surface area contributed by atoms with Crippen LogP contribution in [-0.4, -0.2) is 14.5 Å². The number of aromatic nitrogens is 3. The summed E-state index contributed by atoms with van der Waals surface area (Å²) in [4.78, 5) is 10.6. The van der Waals surface area contributed by atoms with E-state index in [2.05, 4.69) is 134 Å². The van der Waals surface area contributed by atoms with Gasteiger partial charge in [0.05, 0.1) is 22.4 Å². The molecule has 1 aliphatic carbocycles. The lowest BCUT2D eigenvalue weighted by Crippen LogP contribution is -2.17. The van der Waals surface area contributed by atoms with Gasteiger partial charge < -0.3 is 8.98 Å². The fourth-order valence-electron chi connectivity index (χ4n) is 7.83. The van der Waals surface area contributed by atoms with Crippen molar-refractivity contribution in [1.82, 2.24) is 14.5 Å². The van der Waals surface area contributed by atoms with Crippen LogP contribution in [0.4, 0.5) is 0 Å². The van der Waals surface area contributed by atoms with Crippen LogP contribution in [-0.2, 0) is 5.41 Å². The predicted octanol–water partition coefficient (Wildman–Crippen LogP) is 11.1. The van der Waals surface area contributed by atoms with Gasteiger partial charge in [0, 0.05) is 54.9 Å². The van der Waals surface area contributed by atoms with E-state index in [1.54, 1.807) is 0 Å². The van der Waals surface area contributed by atoms with Gasteiger partial charge in [0.15, 0.2) is 11.4 Å². The molecule has 0 atom stereocenters.